The van der Waals surface area contributed by atoms with Crippen molar-refractivity contribution < 1.29 is 19.1 Å². The monoisotopic (exact) mass is 408 g/mol. The van der Waals surface area contributed by atoms with Gasteiger partial charge in [-0.2, -0.15) is 0 Å². The summed E-state index contributed by atoms with van der Waals surface area (Å²) in [5.74, 6) is -0.580. The summed E-state index contributed by atoms with van der Waals surface area (Å²) in [5.41, 5.74) is 4.24. The fourth-order valence-electron chi connectivity index (χ4n) is 3.68. The Balaban J connectivity index is 1.49. The van der Waals surface area contributed by atoms with Gasteiger partial charge < -0.3 is 15.0 Å². The van der Waals surface area contributed by atoms with Crippen LogP contribution in [-0.4, -0.2) is 42.9 Å². The second-order valence-electron chi connectivity index (χ2n) is 7.67. The zero-order chi connectivity index (χ0) is 21.5. The fraction of sp³-hybridized carbons (Fsp3) is 0.375. The number of benzene rings is 2. The number of hydrogen-bond donors (Lipinski definition) is 1. The summed E-state index contributed by atoms with van der Waals surface area (Å²) >= 11 is 0. The van der Waals surface area contributed by atoms with Gasteiger partial charge in [-0.05, 0) is 43.0 Å². The molecule has 158 valence electrons. The molecular weight excluding hydrogens is 380 g/mol. The minimum Gasteiger partial charge on any atom is -0.469 e. The van der Waals surface area contributed by atoms with E-state index in [-0.39, 0.29) is 36.5 Å². The Kier molecular flexibility index (Phi) is 7.22. The van der Waals surface area contributed by atoms with E-state index in [2.05, 4.69) is 35.2 Å². The Morgan fingerprint density at radius 2 is 1.70 bits per heavy atom. The van der Waals surface area contributed by atoms with Gasteiger partial charge in [0.1, 0.15) is 0 Å². The van der Waals surface area contributed by atoms with Gasteiger partial charge in [-0.3, -0.25) is 14.4 Å². The van der Waals surface area contributed by atoms with Crippen molar-refractivity contribution in [2.75, 3.05) is 25.5 Å². The molecule has 0 aliphatic carbocycles. The van der Waals surface area contributed by atoms with Crippen LogP contribution in [0.5, 0.6) is 0 Å². The number of rotatable bonds is 6. The van der Waals surface area contributed by atoms with Crippen molar-refractivity contribution >= 4 is 23.5 Å². The maximum Gasteiger partial charge on any atom is 0.306 e. The first-order valence-electron chi connectivity index (χ1n) is 10.3. The van der Waals surface area contributed by atoms with Gasteiger partial charge in [-0.25, -0.2) is 0 Å². The summed E-state index contributed by atoms with van der Waals surface area (Å²) in [6, 6.07) is 16.2. The normalized spacial score (nSPS) is 14.3. The number of piperidine rings is 1. The molecule has 6 heteroatoms. The average molecular weight is 408 g/mol. The van der Waals surface area contributed by atoms with E-state index in [0.717, 1.165) is 16.8 Å². The standard InChI is InChI=1S/C24H28N2O4/c1-17-4-3-5-20(16-17)18-6-8-21(9-7-18)25-24(29)19-12-14-26(15-13-19)22(27)10-11-23(28)30-2/h3-9,16,19H,10-15H2,1-2H3,(H,25,29). The largest absolute Gasteiger partial charge is 0.469 e. The summed E-state index contributed by atoms with van der Waals surface area (Å²) in [4.78, 5) is 37.7. The third-order valence-electron chi connectivity index (χ3n) is 5.49. The molecule has 30 heavy (non-hydrogen) atoms. The first-order chi connectivity index (χ1) is 14.5. The van der Waals surface area contributed by atoms with E-state index < -0.39 is 0 Å². The average Bonchev–Trinajstić information content (AvgIpc) is 2.77. The van der Waals surface area contributed by atoms with Crippen LogP contribution < -0.4 is 5.32 Å². The number of methoxy groups -OCH3 is 1. The molecule has 2 amide bonds. The minimum absolute atomic E-state index is 0.0139. The van der Waals surface area contributed by atoms with Crippen LogP contribution in [0.4, 0.5) is 5.69 Å². The number of carbonyl (C=O) groups excluding carboxylic acids is 3. The molecule has 0 aromatic heterocycles. The van der Waals surface area contributed by atoms with Crippen molar-refractivity contribution in [3.8, 4) is 11.1 Å². The fourth-order valence-corrected chi connectivity index (χ4v) is 3.68. The number of nitrogens with one attached hydrogen (secondary N) is 1. The predicted octanol–water partition coefficient (Wildman–Crippen LogP) is 3.79. The molecule has 1 fully saturated rings. The highest BCUT2D eigenvalue weighted by molar-refractivity contribution is 5.93. The molecule has 2 aromatic carbocycles. The molecule has 2 aromatic rings. The molecule has 0 radical (unpaired) electrons. The number of hydrogen-bond acceptors (Lipinski definition) is 4. The zero-order valence-corrected chi connectivity index (χ0v) is 17.5. The van der Waals surface area contributed by atoms with Crippen LogP contribution in [0.1, 0.15) is 31.2 Å². The number of anilines is 1. The lowest BCUT2D eigenvalue weighted by atomic mass is 9.95. The number of likely N-dealkylation sites (tertiary alicyclic amines) is 1. The van der Waals surface area contributed by atoms with E-state index in [1.54, 1.807) is 4.90 Å². The molecule has 0 unspecified atom stereocenters. The molecule has 1 aliphatic heterocycles. The van der Waals surface area contributed by atoms with E-state index in [1.165, 1.54) is 12.7 Å². The molecule has 6 nitrogen and oxygen atoms in total. The van der Waals surface area contributed by atoms with Crippen molar-refractivity contribution in [2.45, 2.75) is 32.6 Å². The van der Waals surface area contributed by atoms with Crippen molar-refractivity contribution in [1.82, 2.24) is 4.90 Å². The number of aryl methyl sites for hydroxylation is 1. The molecular formula is C24H28N2O4. The van der Waals surface area contributed by atoms with Gasteiger partial charge >= 0.3 is 5.97 Å². The Morgan fingerprint density at radius 3 is 2.33 bits per heavy atom. The highest BCUT2D eigenvalue weighted by atomic mass is 16.5. The van der Waals surface area contributed by atoms with E-state index in [0.29, 0.717) is 25.9 Å². The molecule has 1 N–H and O–H groups in total. The quantitative estimate of drug-likeness (QED) is 0.738. The van der Waals surface area contributed by atoms with Crippen LogP contribution in [-0.2, 0) is 19.1 Å². The number of amides is 2. The maximum atomic E-state index is 12.6. The molecule has 1 heterocycles. The van der Waals surface area contributed by atoms with Crippen molar-refractivity contribution in [2.24, 2.45) is 5.92 Å². The topological polar surface area (TPSA) is 75.7 Å². The van der Waals surface area contributed by atoms with Crippen LogP contribution >= 0.6 is 0 Å². The summed E-state index contributed by atoms with van der Waals surface area (Å²) in [7, 11) is 1.31. The van der Waals surface area contributed by atoms with Gasteiger partial charge in [0.15, 0.2) is 0 Å². The Morgan fingerprint density at radius 1 is 1.00 bits per heavy atom. The van der Waals surface area contributed by atoms with E-state index in [9.17, 15) is 14.4 Å². The van der Waals surface area contributed by atoms with Gasteiger partial charge in [0.2, 0.25) is 11.8 Å². The molecule has 0 spiro atoms. The Hall–Kier alpha value is -3.15. The number of carbonyl (C=O) groups is 3. The summed E-state index contributed by atoms with van der Waals surface area (Å²) < 4.78 is 4.57. The summed E-state index contributed by atoms with van der Waals surface area (Å²) in [6.45, 7) is 3.13. The lowest BCUT2D eigenvalue weighted by Crippen LogP contribution is -2.41. The highest BCUT2D eigenvalue weighted by Crippen LogP contribution is 2.24. The lowest BCUT2D eigenvalue weighted by molar-refractivity contribution is -0.144. The molecule has 1 saturated heterocycles. The van der Waals surface area contributed by atoms with Gasteiger partial charge in [0, 0.05) is 31.1 Å². The van der Waals surface area contributed by atoms with Gasteiger partial charge in [0.05, 0.1) is 13.5 Å². The molecule has 0 bridgehead atoms. The SMILES string of the molecule is COC(=O)CCC(=O)N1CCC(C(=O)Nc2ccc(-c3cccc(C)c3)cc2)CC1. The van der Waals surface area contributed by atoms with Crippen LogP contribution in [0, 0.1) is 12.8 Å². The summed E-state index contributed by atoms with van der Waals surface area (Å²) in [6.07, 6.45) is 1.49. The van der Waals surface area contributed by atoms with E-state index >= 15 is 0 Å². The van der Waals surface area contributed by atoms with Crippen molar-refractivity contribution in [1.29, 1.82) is 0 Å². The molecule has 0 saturated carbocycles. The highest BCUT2D eigenvalue weighted by Gasteiger charge is 2.27. The molecule has 1 aliphatic rings. The van der Waals surface area contributed by atoms with Gasteiger partial charge in [0.25, 0.3) is 0 Å². The number of esters is 1. The zero-order valence-electron chi connectivity index (χ0n) is 17.5. The van der Waals surface area contributed by atoms with Crippen LogP contribution in [0.2, 0.25) is 0 Å². The Bertz CT molecular complexity index is 900. The first kappa shape index (κ1) is 21.6. The predicted molar refractivity (Wildman–Crippen MR) is 116 cm³/mol. The number of ether oxygens (including phenoxy) is 1. The van der Waals surface area contributed by atoms with E-state index in [1.807, 2.05) is 30.3 Å². The second-order valence-corrected chi connectivity index (χ2v) is 7.67. The van der Waals surface area contributed by atoms with Crippen LogP contribution in [0.3, 0.4) is 0 Å². The third-order valence-corrected chi connectivity index (χ3v) is 5.49. The second kappa shape index (κ2) is 10.1. The van der Waals surface area contributed by atoms with Crippen LogP contribution in [0.15, 0.2) is 48.5 Å². The van der Waals surface area contributed by atoms with Crippen molar-refractivity contribution in [3.63, 3.8) is 0 Å². The third kappa shape index (κ3) is 5.69. The molecule has 3 rings (SSSR count). The smallest absolute Gasteiger partial charge is 0.306 e. The van der Waals surface area contributed by atoms with Crippen molar-refractivity contribution in [3.05, 3.63) is 54.1 Å². The maximum absolute atomic E-state index is 12.6. The lowest BCUT2D eigenvalue weighted by Gasteiger charge is -2.31. The van der Waals surface area contributed by atoms with E-state index in [4.69, 9.17) is 0 Å². The summed E-state index contributed by atoms with van der Waals surface area (Å²) in [5, 5.41) is 2.99. The first-order valence-corrected chi connectivity index (χ1v) is 10.3. The van der Waals surface area contributed by atoms with Crippen LogP contribution in [0.25, 0.3) is 11.1 Å². The molecule has 0 atom stereocenters. The Labute approximate surface area is 177 Å². The van der Waals surface area contributed by atoms with Gasteiger partial charge in [-0.1, -0.05) is 42.0 Å². The minimum atomic E-state index is -0.383. The number of nitrogens with zero attached hydrogens (tertiary/aromatic N) is 1. The van der Waals surface area contributed by atoms with Gasteiger partial charge in [-0.15, -0.1) is 0 Å².